The summed E-state index contributed by atoms with van der Waals surface area (Å²) in [7, 11) is -8.74. The predicted molar refractivity (Wildman–Crippen MR) is 92.7 cm³/mol. The molecule has 0 unspecified atom stereocenters. The van der Waals surface area contributed by atoms with Crippen LogP contribution in [0.3, 0.4) is 0 Å². The van der Waals surface area contributed by atoms with E-state index in [4.69, 9.17) is 16.5 Å². The van der Waals surface area contributed by atoms with Crippen molar-refractivity contribution in [2.24, 2.45) is 0 Å². The fourth-order valence-electron chi connectivity index (χ4n) is 2.99. The summed E-state index contributed by atoms with van der Waals surface area (Å²) < 4.78 is 26.3. The summed E-state index contributed by atoms with van der Waals surface area (Å²) in [6.45, 7) is 17.3. The van der Waals surface area contributed by atoms with Gasteiger partial charge in [-0.25, -0.2) is 0 Å². The van der Waals surface area contributed by atoms with Crippen molar-refractivity contribution in [3.63, 3.8) is 0 Å². The van der Waals surface area contributed by atoms with E-state index in [0.717, 1.165) is 24.2 Å². The van der Waals surface area contributed by atoms with E-state index in [1.165, 1.54) is 0 Å². The first-order valence-corrected chi connectivity index (χ1v) is 18.0. The molecule has 0 radical (unpaired) electrons. The fraction of sp³-hybridized carbons (Fsp3) is 1.00. The van der Waals surface area contributed by atoms with Crippen LogP contribution < -0.4 is 0 Å². The van der Waals surface area contributed by atoms with E-state index < -0.39 is 34.2 Å². The zero-order chi connectivity index (χ0) is 15.7. The third-order valence-corrected chi connectivity index (χ3v) is 22.0. The number of rotatable bonds is 4. The van der Waals surface area contributed by atoms with Crippen molar-refractivity contribution in [2.45, 2.75) is 78.1 Å². The van der Waals surface area contributed by atoms with E-state index in [2.05, 4.69) is 53.9 Å². The molecule has 0 N–H and O–H groups in total. The van der Waals surface area contributed by atoms with Crippen LogP contribution in [0.4, 0.5) is 0 Å². The van der Waals surface area contributed by atoms with Crippen molar-refractivity contribution in [1.82, 2.24) is 0 Å². The van der Waals surface area contributed by atoms with Gasteiger partial charge in [-0.2, -0.15) is 0 Å². The SMILES string of the molecule is CC[Si]1(CC)O[Si](C)(C)O[Si](C)(C)O[Si](CC)(CC)O1. The highest BCUT2D eigenvalue weighted by atomic mass is 28.5. The third kappa shape index (κ3) is 4.35. The van der Waals surface area contributed by atoms with Crippen molar-refractivity contribution in [3.8, 4) is 0 Å². The smallest absolute Gasteiger partial charge is 0.320 e. The summed E-state index contributed by atoms with van der Waals surface area (Å²) in [5.41, 5.74) is 0. The molecule has 0 aliphatic carbocycles. The van der Waals surface area contributed by atoms with Gasteiger partial charge in [0.25, 0.3) is 0 Å². The first-order valence-electron chi connectivity index (χ1n) is 7.88. The molecule has 0 aromatic rings. The zero-order valence-electron chi connectivity index (χ0n) is 14.5. The van der Waals surface area contributed by atoms with Crippen molar-refractivity contribution >= 4 is 34.2 Å². The Morgan fingerprint density at radius 1 is 0.500 bits per heavy atom. The van der Waals surface area contributed by atoms with Gasteiger partial charge < -0.3 is 16.5 Å². The third-order valence-electron chi connectivity index (χ3n) is 3.88. The second kappa shape index (κ2) is 6.45. The van der Waals surface area contributed by atoms with Gasteiger partial charge in [-0.05, 0) is 50.4 Å². The number of hydrogen-bond acceptors (Lipinski definition) is 4. The molecule has 4 nitrogen and oxygen atoms in total. The molecule has 0 bridgehead atoms. The quantitative estimate of drug-likeness (QED) is 0.701. The van der Waals surface area contributed by atoms with Gasteiger partial charge in [0.15, 0.2) is 0 Å². The highest BCUT2D eigenvalue weighted by molar-refractivity contribution is 6.93. The molecule has 1 aliphatic rings. The van der Waals surface area contributed by atoms with Gasteiger partial charge in [-0.1, -0.05) is 27.7 Å². The average Bonchev–Trinajstić information content (AvgIpc) is 2.33. The minimum Gasteiger partial charge on any atom is -0.416 e. The standard InChI is InChI=1S/C12H32O4Si4/c1-9-19(10-2)14-17(5,6)13-18(7,8)15-20(11-3,12-4)16-19/h9-12H2,1-8H3. The Bertz CT molecular complexity index is 297. The zero-order valence-corrected chi connectivity index (χ0v) is 18.5. The van der Waals surface area contributed by atoms with Crippen LogP contribution in [0, 0.1) is 0 Å². The summed E-state index contributed by atoms with van der Waals surface area (Å²) >= 11 is 0. The Labute approximate surface area is 129 Å². The summed E-state index contributed by atoms with van der Waals surface area (Å²) in [5, 5.41) is 0. The Kier molecular flexibility index (Phi) is 6.05. The summed E-state index contributed by atoms with van der Waals surface area (Å²) in [6, 6.07) is 3.90. The molecule has 8 heteroatoms. The van der Waals surface area contributed by atoms with Gasteiger partial charge >= 0.3 is 34.2 Å². The Morgan fingerprint density at radius 3 is 1.05 bits per heavy atom. The van der Waals surface area contributed by atoms with Crippen molar-refractivity contribution in [1.29, 1.82) is 0 Å². The van der Waals surface area contributed by atoms with Gasteiger partial charge in [0, 0.05) is 0 Å². The van der Waals surface area contributed by atoms with E-state index in [0.29, 0.717) is 0 Å². The van der Waals surface area contributed by atoms with Crippen molar-refractivity contribution in [3.05, 3.63) is 0 Å². The van der Waals surface area contributed by atoms with Crippen LogP contribution in [-0.4, -0.2) is 34.2 Å². The van der Waals surface area contributed by atoms with Crippen LogP contribution in [-0.2, 0) is 16.5 Å². The molecule has 0 saturated carbocycles. The van der Waals surface area contributed by atoms with Gasteiger partial charge in [0.05, 0.1) is 0 Å². The minimum absolute atomic E-state index is 0.976. The average molecular weight is 353 g/mol. The van der Waals surface area contributed by atoms with Crippen molar-refractivity contribution in [2.75, 3.05) is 0 Å². The van der Waals surface area contributed by atoms with Gasteiger partial charge in [0.1, 0.15) is 0 Å². The topological polar surface area (TPSA) is 36.9 Å². The van der Waals surface area contributed by atoms with Gasteiger partial charge in [0.2, 0.25) is 0 Å². The monoisotopic (exact) mass is 352 g/mol. The second-order valence-electron chi connectivity index (χ2n) is 6.44. The van der Waals surface area contributed by atoms with Crippen LogP contribution in [0.15, 0.2) is 0 Å². The first-order chi connectivity index (χ1) is 9.07. The summed E-state index contributed by atoms with van der Waals surface area (Å²) in [5.74, 6) is 0. The molecule has 1 heterocycles. The highest BCUT2D eigenvalue weighted by Gasteiger charge is 2.55. The molecule has 1 fully saturated rings. The molecular formula is C12H32O4Si4. The maximum Gasteiger partial charge on any atom is 0.320 e. The Morgan fingerprint density at radius 2 is 0.800 bits per heavy atom. The lowest BCUT2D eigenvalue weighted by molar-refractivity contribution is 0.225. The van der Waals surface area contributed by atoms with Gasteiger partial charge in [-0.15, -0.1) is 0 Å². The lowest BCUT2D eigenvalue weighted by atomic mass is 10.9. The van der Waals surface area contributed by atoms with E-state index >= 15 is 0 Å². The second-order valence-corrected chi connectivity index (χ2v) is 21.8. The lowest BCUT2D eigenvalue weighted by Gasteiger charge is -2.50. The van der Waals surface area contributed by atoms with E-state index in [1.807, 2.05) is 0 Å². The highest BCUT2D eigenvalue weighted by Crippen LogP contribution is 2.37. The fourth-order valence-corrected chi connectivity index (χ4v) is 25.4. The molecule has 20 heavy (non-hydrogen) atoms. The molecule has 0 spiro atoms. The molecule has 0 atom stereocenters. The lowest BCUT2D eigenvalue weighted by Crippen LogP contribution is -2.66. The summed E-state index contributed by atoms with van der Waals surface area (Å²) in [4.78, 5) is 0. The maximum absolute atomic E-state index is 6.76. The molecular weight excluding hydrogens is 320 g/mol. The molecule has 1 saturated heterocycles. The maximum atomic E-state index is 6.76. The number of hydrogen-bond donors (Lipinski definition) is 0. The molecule has 0 amide bonds. The summed E-state index contributed by atoms with van der Waals surface area (Å²) in [6.07, 6.45) is 0. The van der Waals surface area contributed by atoms with Gasteiger partial charge in [-0.3, -0.25) is 0 Å². The van der Waals surface area contributed by atoms with E-state index in [-0.39, 0.29) is 0 Å². The predicted octanol–water partition coefficient (Wildman–Crippen LogP) is 4.43. The molecule has 0 aromatic heterocycles. The van der Waals surface area contributed by atoms with Crippen LogP contribution in [0.2, 0.25) is 50.4 Å². The Balaban J connectivity index is 3.21. The van der Waals surface area contributed by atoms with E-state index in [1.54, 1.807) is 0 Å². The van der Waals surface area contributed by atoms with Crippen LogP contribution in [0.25, 0.3) is 0 Å². The van der Waals surface area contributed by atoms with Crippen molar-refractivity contribution < 1.29 is 16.5 Å². The molecule has 120 valence electrons. The van der Waals surface area contributed by atoms with Crippen LogP contribution in [0.5, 0.6) is 0 Å². The molecule has 1 aliphatic heterocycles. The largest absolute Gasteiger partial charge is 0.416 e. The van der Waals surface area contributed by atoms with E-state index in [9.17, 15) is 0 Å². The Hall–Kier alpha value is 0.708. The minimum atomic E-state index is -2.19. The normalized spacial score (nSPS) is 27.6. The van der Waals surface area contributed by atoms with Crippen LogP contribution in [0.1, 0.15) is 27.7 Å². The van der Waals surface area contributed by atoms with Crippen LogP contribution >= 0.6 is 0 Å². The first kappa shape index (κ1) is 18.8. The molecule has 0 aromatic carbocycles. The molecule has 1 rings (SSSR count).